The third-order valence-electron chi connectivity index (χ3n) is 5.60. The minimum atomic E-state index is -0.497. The molecule has 0 saturated heterocycles. The van der Waals surface area contributed by atoms with Crippen LogP contribution < -0.4 is 31.2 Å². The zero-order valence-electron chi connectivity index (χ0n) is 22.3. The summed E-state index contributed by atoms with van der Waals surface area (Å²) in [6.45, 7) is 3.60. The second-order valence-electron chi connectivity index (χ2n) is 8.93. The topological polar surface area (TPSA) is 140 Å². The van der Waals surface area contributed by atoms with Crippen molar-refractivity contribution in [3.8, 4) is 17.2 Å². The predicted octanol–water partition coefficient (Wildman–Crippen LogP) is 6.13. The molecule has 0 saturated carbocycles. The highest BCUT2D eigenvalue weighted by atomic mass is 35.5. The molecule has 0 radical (unpaired) electrons. The van der Waals surface area contributed by atoms with Gasteiger partial charge in [-0.25, -0.2) is 14.4 Å². The molecule has 2 aromatic carbocycles. The lowest BCUT2D eigenvalue weighted by molar-refractivity contribution is -0.114. The van der Waals surface area contributed by atoms with E-state index in [4.69, 9.17) is 26.8 Å². The second kappa shape index (κ2) is 13.6. The van der Waals surface area contributed by atoms with Crippen molar-refractivity contribution in [2.45, 2.75) is 26.4 Å². The Morgan fingerprint density at radius 1 is 1.02 bits per heavy atom. The predicted molar refractivity (Wildman–Crippen MR) is 156 cm³/mol. The van der Waals surface area contributed by atoms with E-state index < -0.39 is 11.7 Å². The Balaban J connectivity index is 1.50. The Morgan fingerprint density at radius 3 is 2.61 bits per heavy atom. The van der Waals surface area contributed by atoms with Crippen molar-refractivity contribution in [1.29, 1.82) is 0 Å². The summed E-state index contributed by atoms with van der Waals surface area (Å²) in [5.74, 6) is 0.359. The number of rotatable bonds is 11. The second-order valence-corrected chi connectivity index (χ2v) is 9.34. The molecule has 0 bridgehead atoms. The van der Waals surface area contributed by atoms with E-state index in [1.165, 1.54) is 37.5 Å². The first-order valence-electron chi connectivity index (χ1n) is 12.6. The number of nitrogens with one attached hydrogen (secondary N) is 3. The molecule has 0 spiro atoms. The van der Waals surface area contributed by atoms with Crippen molar-refractivity contribution in [1.82, 2.24) is 9.97 Å². The average molecular weight is 579 g/mol. The molecule has 2 aromatic heterocycles. The molecule has 5 N–H and O–H groups in total. The number of hydrogen-bond acceptors (Lipinski definition) is 8. The van der Waals surface area contributed by atoms with Gasteiger partial charge < -0.3 is 31.2 Å². The van der Waals surface area contributed by atoms with Gasteiger partial charge in [0.05, 0.1) is 22.4 Å². The Hall–Kier alpha value is -4.74. The molecular weight excluding hydrogens is 551 g/mol. The number of halogens is 2. The molecule has 0 aliphatic rings. The van der Waals surface area contributed by atoms with Gasteiger partial charge in [-0.2, -0.15) is 0 Å². The number of pyridine rings is 2. The largest absolute Gasteiger partial charge is 0.488 e. The summed E-state index contributed by atoms with van der Waals surface area (Å²) >= 11 is 6.47. The van der Waals surface area contributed by atoms with Crippen molar-refractivity contribution in [3.63, 3.8) is 0 Å². The molecule has 41 heavy (non-hydrogen) atoms. The zero-order valence-corrected chi connectivity index (χ0v) is 23.0. The van der Waals surface area contributed by atoms with Gasteiger partial charge in [-0.1, -0.05) is 11.6 Å². The van der Waals surface area contributed by atoms with E-state index in [2.05, 4.69) is 25.9 Å². The van der Waals surface area contributed by atoms with Crippen molar-refractivity contribution in [3.05, 3.63) is 89.5 Å². The summed E-state index contributed by atoms with van der Waals surface area (Å²) in [6, 6.07) is 15.3. The van der Waals surface area contributed by atoms with Gasteiger partial charge in [0.1, 0.15) is 34.7 Å². The Kier molecular flexibility index (Phi) is 9.67. The van der Waals surface area contributed by atoms with E-state index in [1.807, 2.05) is 6.92 Å². The van der Waals surface area contributed by atoms with Crippen molar-refractivity contribution in [2.75, 3.05) is 22.5 Å². The quantitative estimate of drug-likeness (QED) is 0.166. The third kappa shape index (κ3) is 8.13. The van der Waals surface area contributed by atoms with E-state index in [0.29, 0.717) is 41.7 Å². The average Bonchev–Trinajstić information content (AvgIpc) is 2.92. The van der Waals surface area contributed by atoms with Crippen LogP contribution in [0.3, 0.4) is 0 Å². The van der Waals surface area contributed by atoms with Crippen LogP contribution in [0.4, 0.5) is 27.4 Å². The Labute approximate surface area is 241 Å². The molecule has 0 fully saturated rings. The monoisotopic (exact) mass is 578 g/mol. The summed E-state index contributed by atoms with van der Waals surface area (Å²) in [6.07, 6.45) is 3.32. The maximum absolute atomic E-state index is 13.9. The lowest BCUT2D eigenvalue weighted by Crippen LogP contribution is -2.19. The van der Waals surface area contributed by atoms with Crippen LogP contribution in [-0.2, 0) is 4.79 Å². The van der Waals surface area contributed by atoms with Crippen LogP contribution in [0.25, 0.3) is 0 Å². The standard InChI is InChI=1S/C29H28ClFN6O4/c1-17(9-11-32)40-26-14-19(31)5-7-24(26)37-29(39)22-4-3-12-34-28(22)36-20-6-8-25(23(30)15-20)41-21-10-13-33-27(16-21)35-18(2)38/h3-8,10,12-17H,9,11,32H2,1-2H3,(H,34,36)(H,37,39)(H,33,35,38)/t17-/m0/s1. The summed E-state index contributed by atoms with van der Waals surface area (Å²) < 4.78 is 25.6. The number of amides is 2. The smallest absolute Gasteiger partial charge is 0.259 e. The zero-order chi connectivity index (χ0) is 29.4. The summed E-state index contributed by atoms with van der Waals surface area (Å²) in [5.41, 5.74) is 6.67. The van der Waals surface area contributed by atoms with E-state index in [1.54, 1.807) is 42.5 Å². The number of nitrogens with two attached hydrogens (primary N) is 1. The number of anilines is 4. The molecule has 12 heteroatoms. The summed E-state index contributed by atoms with van der Waals surface area (Å²) in [7, 11) is 0. The fourth-order valence-electron chi connectivity index (χ4n) is 3.73. The van der Waals surface area contributed by atoms with Crippen LogP contribution in [-0.4, -0.2) is 34.4 Å². The summed E-state index contributed by atoms with van der Waals surface area (Å²) in [5, 5.41) is 8.75. The van der Waals surface area contributed by atoms with Crippen molar-refractivity contribution >= 4 is 46.4 Å². The normalized spacial score (nSPS) is 11.3. The molecule has 0 aliphatic heterocycles. The molecule has 0 unspecified atom stereocenters. The van der Waals surface area contributed by atoms with Gasteiger partial charge in [-0.15, -0.1) is 0 Å². The first kappa shape index (κ1) is 29.2. The number of benzene rings is 2. The summed E-state index contributed by atoms with van der Waals surface area (Å²) in [4.78, 5) is 32.9. The Bertz CT molecular complexity index is 1550. The maximum atomic E-state index is 13.9. The van der Waals surface area contributed by atoms with Crippen LogP contribution in [0.1, 0.15) is 30.6 Å². The van der Waals surface area contributed by atoms with Crippen LogP contribution in [0.2, 0.25) is 5.02 Å². The number of aromatic nitrogens is 2. The maximum Gasteiger partial charge on any atom is 0.259 e. The van der Waals surface area contributed by atoms with Gasteiger partial charge in [-0.3, -0.25) is 9.59 Å². The van der Waals surface area contributed by atoms with Crippen molar-refractivity contribution < 1.29 is 23.5 Å². The third-order valence-corrected chi connectivity index (χ3v) is 5.90. The van der Waals surface area contributed by atoms with Crippen LogP contribution in [0.15, 0.2) is 73.1 Å². The van der Waals surface area contributed by atoms with Gasteiger partial charge in [-0.05, 0) is 68.4 Å². The van der Waals surface area contributed by atoms with E-state index in [9.17, 15) is 14.0 Å². The minimum Gasteiger partial charge on any atom is -0.488 e. The fraction of sp³-hybridized carbons (Fsp3) is 0.172. The number of carbonyl (C=O) groups is 2. The van der Waals surface area contributed by atoms with Gasteiger partial charge in [0.25, 0.3) is 5.91 Å². The van der Waals surface area contributed by atoms with Gasteiger partial charge >= 0.3 is 0 Å². The highest BCUT2D eigenvalue weighted by Crippen LogP contribution is 2.34. The number of ether oxygens (including phenoxy) is 2. The van der Waals surface area contributed by atoms with Crippen LogP contribution in [0, 0.1) is 5.82 Å². The lowest BCUT2D eigenvalue weighted by Gasteiger charge is -2.18. The van der Waals surface area contributed by atoms with Crippen LogP contribution in [0.5, 0.6) is 17.2 Å². The first-order valence-corrected chi connectivity index (χ1v) is 13.0. The molecule has 1 atom stereocenters. The minimum absolute atomic E-state index is 0.193. The molecular formula is C29H28ClFN6O4. The molecule has 2 amide bonds. The van der Waals surface area contributed by atoms with Crippen LogP contribution >= 0.6 is 11.6 Å². The molecule has 4 aromatic rings. The SMILES string of the molecule is CC(=O)Nc1cc(Oc2ccc(Nc3ncccc3C(=O)Nc3ccc(F)cc3O[C@@H](C)CCN)cc2Cl)ccn1. The molecule has 2 heterocycles. The van der Waals surface area contributed by atoms with Gasteiger partial charge in [0.15, 0.2) is 0 Å². The van der Waals surface area contributed by atoms with E-state index in [0.717, 1.165) is 0 Å². The molecule has 10 nitrogen and oxygen atoms in total. The van der Waals surface area contributed by atoms with E-state index in [-0.39, 0.29) is 34.2 Å². The molecule has 0 aliphatic carbocycles. The number of nitrogens with zero attached hydrogens (tertiary/aromatic N) is 2. The number of carbonyl (C=O) groups excluding carboxylic acids is 2. The van der Waals surface area contributed by atoms with Crippen molar-refractivity contribution in [2.24, 2.45) is 5.73 Å². The highest BCUT2D eigenvalue weighted by molar-refractivity contribution is 6.32. The first-order chi connectivity index (χ1) is 19.7. The Morgan fingerprint density at radius 2 is 1.85 bits per heavy atom. The fourth-order valence-corrected chi connectivity index (χ4v) is 3.95. The van der Waals surface area contributed by atoms with Gasteiger partial charge in [0.2, 0.25) is 5.91 Å². The van der Waals surface area contributed by atoms with Gasteiger partial charge in [0, 0.05) is 37.1 Å². The lowest BCUT2D eigenvalue weighted by atomic mass is 10.2. The molecule has 212 valence electrons. The van der Waals surface area contributed by atoms with E-state index >= 15 is 0 Å². The number of hydrogen-bond donors (Lipinski definition) is 4. The molecule has 4 rings (SSSR count). The highest BCUT2D eigenvalue weighted by Gasteiger charge is 2.17.